The molecule has 0 radical (unpaired) electrons. The van der Waals surface area contributed by atoms with E-state index in [0.717, 1.165) is 25.5 Å². The van der Waals surface area contributed by atoms with E-state index in [1.54, 1.807) is 0 Å². The van der Waals surface area contributed by atoms with Gasteiger partial charge in [0, 0.05) is 5.41 Å². The second-order valence-corrected chi connectivity index (χ2v) is 5.83. The lowest BCUT2D eigenvalue weighted by Gasteiger charge is -2.12. The van der Waals surface area contributed by atoms with E-state index in [4.69, 9.17) is 0 Å². The molecule has 1 aliphatic rings. The summed E-state index contributed by atoms with van der Waals surface area (Å²) in [7, 11) is 0. The second kappa shape index (κ2) is 4.04. The zero-order valence-corrected chi connectivity index (χ0v) is 10.4. The molecule has 0 saturated heterocycles. The topological polar surface area (TPSA) is 17.1 Å². The molecule has 2 rings (SSSR count). The molecule has 1 unspecified atom stereocenters. The Labute approximate surface area is 97.9 Å². The van der Waals surface area contributed by atoms with Crippen LogP contribution in [0.5, 0.6) is 0 Å². The molecular weight excluding hydrogens is 196 g/mol. The molecule has 0 spiro atoms. The molecule has 1 nitrogen and oxygen atoms in total. The Bertz CT molecular complexity index is 406. The molecule has 0 aliphatic heterocycles. The van der Waals surface area contributed by atoms with Gasteiger partial charge in [-0.05, 0) is 41.9 Å². The van der Waals surface area contributed by atoms with Crippen LogP contribution in [0.25, 0.3) is 0 Å². The minimum atomic E-state index is -0.154. The molecule has 0 heterocycles. The van der Waals surface area contributed by atoms with Crippen molar-refractivity contribution in [3.8, 4) is 0 Å². The van der Waals surface area contributed by atoms with E-state index < -0.39 is 0 Å². The lowest BCUT2D eigenvalue weighted by atomic mass is 9.89. The predicted octanol–water partition coefficient (Wildman–Crippen LogP) is 3.19. The molecule has 1 heteroatoms. The summed E-state index contributed by atoms with van der Waals surface area (Å²) in [4.78, 5) is 11.1. The van der Waals surface area contributed by atoms with Crippen LogP contribution in [-0.2, 0) is 24.1 Å². The first-order chi connectivity index (χ1) is 7.52. The van der Waals surface area contributed by atoms with E-state index in [1.807, 2.05) is 0 Å². The van der Waals surface area contributed by atoms with Gasteiger partial charge < -0.3 is 4.79 Å². The van der Waals surface area contributed by atoms with Crippen LogP contribution in [0.2, 0.25) is 0 Å². The van der Waals surface area contributed by atoms with Gasteiger partial charge in [0.05, 0.1) is 0 Å². The quantitative estimate of drug-likeness (QED) is 0.709. The Kier molecular flexibility index (Phi) is 2.88. The summed E-state index contributed by atoms with van der Waals surface area (Å²) in [6, 6.07) is 6.72. The van der Waals surface area contributed by atoms with E-state index >= 15 is 0 Å². The van der Waals surface area contributed by atoms with E-state index in [2.05, 4.69) is 39.0 Å². The zero-order valence-electron chi connectivity index (χ0n) is 10.4. The van der Waals surface area contributed by atoms with Crippen LogP contribution >= 0.6 is 0 Å². The van der Waals surface area contributed by atoms with Crippen LogP contribution in [0.4, 0.5) is 0 Å². The van der Waals surface area contributed by atoms with Gasteiger partial charge in [0.15, 0.2) is 0 Å². The monoisotopic (exact) mass is 216 g/mol. The van der Waals surface area contributed by atoms with Crippen molar-refractivity contribution >= 4 is 6.29 Å². The molecule has 1 aromatic rings. The maximum absolute atomic E-state index is 11.1. The van der Waals surface area contributed by atoms with E-state index in [0.29, 0.717) is 5.92 Å². The standard InChI is InChI=1S/C15H20O/c1-11(2)6-12-4-5-13-8-15(3,10-16)9-14(13)7-12/h4-5,7,10-11H,6,8-9H2,1-3H3. The fourth-order valence-corrected chi connectivity index (χ4v) is 2.63. The average Bonchev–Trinajstić information content (AvgIpc) is 2.54. The third-order valence-electron chi connectivity index (χ3n) is 3.39. The van der Waals surface area contributed by atoms with Crippen LogP contribution in [0.3, 0.4) is 0 Å². The second-order valence-electron chi connectivity index (χ2n) is 5.83. The SMILES string of the molecule is CC(C)Cc1ccc2c(c1)CC(C)(C=O)C2. The van der Waals surface area contributed by atoms with Crippen molar-refractivity contribution in [1.29, 1.82) is 0 Å². The Morgan fingerprint density at radius 2 is 2.00 bits per heavy atom. The molecule has 1 aliphatic carbocycles. The first-order valence-electron chi connectivity index (χ1n) is 6.09. The van der Waals surface area contributed by atoms with E-state index in [-0.39, 0.29) is 5.41 Å². The van der Waals surface area contributed by atoms with Gasteiger partial charge in [0.25, 0.3) is 0 Å². The number of benzene rings is 1. The summed E-state index contributed by atoms with van der Waals surface area (Å²) in [5.74, 6) is 0.692. The van der Waals surface area contributed by atoms with Crippen LogP contribution in [0.1, 0.15) is 37.5 Å². The summed E-state index contributed by atoms with van der Waals surface area (Å²) in [5, 5.41) is 0. The van der Waals surface area contributed by atoms with Crippen molar-refractivity contribution in [3.05, 3.63) is 34.9 Å². The fraction of sp³-hybridized carbons (Fsp3) is 0.533. The summed E-state index contributed by atoms with van der Waals surface area (Å²) < 4.78 is 0. The molecule has 0 aromatic heterocycles. The van der Waals surface area contributed by atoms with Crippen LogP contribution < -0.4 is 0 Å². The van der Waals surface area contributed by atoms with Crippen molar-refractivity contribution in [1.82, 2.24) is 0 Å². The van der Waals surface area contributed by atoms with Gasteiger partial charge in [-0.15, -0.1) is 0 Å². The van der Waals surface area contributed by atoms with Gasteiger partial charge >= 0.3 is 0 Å². The molecular formula is C15H20O. The number of aldehydes is 1. The smallest absolute Gasteiger partial charge is 0.126 e. The van der Waals surface area contributed by atoms with Gasteiger partial charge in [0.2, 0.25) is 0 Å². The minimum absolute atomic E-state index is 0.154. The Balaban J connectivity index is 2.24. The molecule has 0 bridgehead atoms. The number of hydrogen-bond acceptors (Lipinski definition) is 1. The van der Waals surface area contributed by atoms with Crippen LogP contribution in [-0.4, -0.2) is 6.29 Å². The largest absolute Gasteiger partial charge is 0.303 e. The number of fused-ring (bicyclic) bond motifs is 1. The van der Waals surface area contributed by atoms with Crippen molar-refractivity contribution in [3.63, 3.8) is 0 Å². The number of hydrogen-bond donors (Lipinski definition) is 0. The number of carbonyl (C=O) groups is 1. The predicted molar refractivity (Wildman–Crippen MR) is 66.6 cm³/mol. The Morgan fingerprint density at radius 1 is 1.31 bits per heavy atom. The summed E-state index contributed by atoms with van der Waals surface area (Å²) in [6.45, 7) is 6.54. The molecule has 0 saturated carbocycles. The molecule has 1 atom stereocenters. The van der Waals surface area contributed by atoms with Crippen molar-refractivity contribution in [2.24, 2.45) is 11.3 Å². The summed E-state index contributed by atoms with van der Waals surface area (Å²) in [5.41, 5.74) is 4.00. The molecule has 0 amide bonds. The normalized spacial score (nSPS) is 23.5. The Morgan fingerprint density at radius 3 is 2.62 bits per heavy atom. The van der Waals surface area contributed by atoms with Gasteiger partial charge in [-0.25, -0.2) is 0 Å². The number of rotatable bonds is 3. The highest BCUT2D eigenvalue weighted by Crippen LogP contribution is 2.35. The third-order valence-corrected chi connectivity index (χ3v) is 3.39. The number of carbonyl (C=O) groups excluding carboxylic acids is 1. The third kappa shape index (κ3) is 2.18. The molecule has 1 aromatic carbocycles. The molecule has 86 valence electrons. The highest BCUT2D eigenvalue weighted by molar-refractivity contribution is 5.63. The van der Waals surface area contributed by atoms with E-state index in [1.165, 1.54) is 16.7 Å². The first kappa shape index (κ1) is 11.4. The average molecular weight is 216 g/mol. The minimum Gasteiger partial charge on any atom is -0.303 e. The lowest BCUT2D eigenvalue weighted by Crippen LogP contribution is -2.17. The Hall–Kier alpha value is -1.11. The highest BCUT2D eigenvalue weighted by atomic mass is 16.1. The maximum atomic E-state index is 11.1. The summed E-state index contributed by atoms with van der Waals surface area (Å²) >= 11 is 0. The van der Waals surface area contributed by atoms with Gasteiger partial charge in [0.1, 0.15) is 6.29 Å². The van der Waals surface area contributed by atoms with Gasteiger partial charge in [-0.1, -0.05) is 39.0 Å². The lowest BCUT2D eigenvalue weighted by molar-refractivity contribution is -0.115. The zero-order chi connectivity index (χ0) is 11.8. The van der Waals surface area contributed by atoms with Crippen LogP contribution in [0, 0.1) is 11.3 Å². The highest BCUT2D eigenvalue weighted by Gasteiger charge is 2.32. The fourth-order valence-electron chi connectivity index (χ4n) is 2.63. The summed E-state index contributed by atoms with van der Waals surface area (Å²) in [6.07, 6.45) is 4.08. The van der Waals surface area contributed by atoms with E-state index in [9.17, 15) is 4.79 Å². The van der Waals surface area contributed by atoms with Crippen molar-refractivity contribution in [2.75, 3.05) is 0 Å². The van der Waals surface area contributed by atoms with Crippen molar-refractivity contribution in [2.45, 2.75) is 40.0 Å². The van der Waals surface area contributed by atoms with Crippen LogP contribution in [0.15, 0.2) is 18.2 Å². The first-order valence-corrected chi connectivity index (χ1v) is 6.09. The van der Waals surface area contributed by atoms with Gasteiger partial charge in [-0.3, -0.25) is 0 Å². The molecule has 0 fully saturated rings. The maximum Gasteiger partial charge on any atom is 0.126 e. The molecule has 16 heavy (non-hydrogen) atoms. The van der Waals surface area contributed by atoms with Crippen molar-refractivity contribution < 1.29 is 4.79 Å². The molecule has 0 N–H and O–H groups in total. The van der Waals surface area contributed by atoms with Gasteiger partial charge in [-0.2, -0.15) is 0 Å².